The molecule has 1 N–H and O–H groups in total. The third kappa shape index (κ3) is 4.15. The van der Waals surface area contributed by atoms with E-state index in [1.165, 1.54) is 26.7 Å². The van der Waals surface area contributed by atoms with Crippen molar-refractivity contribution in [1.29, 1.82) is 0 Å². The lowest BCUT2D eigenvalue weighted by atomic mass is 10.0. The van der Waals surface area contributed by atoms with Gasteiger partial charge in [0, 0.05) is 17.3 Å². The van der Waals surface area contributed by atoms with Crippen LogP contribution in [0.15, 0.2) is 24.3 Å². The van der Waals surface area contributed by atoms with Crippen molar-refractivity contribution >= 4 is 11.3 Å². The predicted octanol–water partition coefficient (Wildman–Crippen LogP) is 3.83. The van der Waals surface area contributed by atoms with E-state index in [2.05, 4.69) is 55.3 Å². The summed E-state index contributed by atoms with van der Waals surface area (Å²) >= 11 is 1.83. The molecule has 1 aromatic heterocycles. The Morgan fingerprint density at radius 2 is 2.05 bits per heavy atom. The summed E-state index contributed by atoms with van der Waals surface area (Å²) in [4.78, 5) is 5.99. The Morgan fingerprint density at radius 3 is 2.65 bits per heavy atom. The van der Waals surface area contributed by atoms with Crippen LogP contribution in [-0.2, 0) is 12.8 Å². The summed E-state index contributed by atoms with van der Waals surface area (Å²) in [5, 5.41) is 4.68. The highest BCUT2D eigenvalue weighted by Crippen LogP contribution is 2.19. The first-order valence-corrected chi connectivity index (χ1v) is 8.06. The number of aromatic nitrogens is 1. The van der Waals surface area contributed by atoms with E-state index in [1.54, 1.807) is 0 Å². The van der Waals surface area contributed by atoms with Crippen molar-refractivity contribution in [2.45, 2.75) is 46.1 Å². The molecule has 2 nitrogen and oxygen atoms in total. The maximum Gasteiger partial charge on any atom is 0.0946 e. The number of benzene rings is 1. The number of hydrogen-bond acceptors (Lipinski definition) is 3. The van der Waals surface area contributed by atoms with Gasteiger partial charge in [-0.25, -0.2) is 4.98 Å². The van der Waals surface area contributed by atoms with Crippen molar-refractivity contribution in [3.8, 4) is 0 Å². The third-order valence-electron chi connectivity index (χ3n) is 3.77. The average molecular weight is 288 g/mol. The van der Waals surface area contributed by atoms with Gasteiger partial charge >= 0.3 is 0 Å². The van der Waals surface area contributed by atoms with Crippen LogP contribution in [0.3, 0.4) is 0 Å². The minimum Gasteiger partial charge on any atom is -0.317 e. The average Bonchev–Trinajstić information content (AvgIpc) is 2.73. The molecule has 0 aliphatic rings. The van der Waals surface area contributed by atoms with Gasteiger partial charge in [-0.1, -0.05) is 29.8 Å². The lowest BCUT2D eigenvalue weighted by Crippen LogP contribution is -2.28. The first kappa shape index (κ1) is 15.2. The van der Waals surface area contributed by atoms with E-state index in [0.717, 1.165) is 19.3 Å². The quantitative estimate of drug-likeness (QED) is 0.874. The molecule has 1 heterocycles. The summed E-state index contributed by atoms with van der Waals surface area (Å²) < 4.78 is 0. The van der Waals surface area contributed by atoms with E-state index in [-0.39, 0.29) is 0 Å². The van der Waals surface area contributed by atoms with Gasteiger partial charge in [0.15, 0.2) is 0 Å². The Hall–Kier alpha value is -1.19. The molecule has 20 heavy (non-hydrogen) atoms. The van der Waals surface area contributed by atoms with Crippen molar-refractivity contribution in [3.63, 3.8) is 0 Å². The normalized spacial score (nSPS) is 12.6. The molecule has 0 amide bonds. The Morgan fingerprint density at radius 1 is 1.25 bits per heavy atom. The molecule has 3 heteroatoms. The molecule has 1 unspecified atom stereocenters. The van der Waals surface area contributed by atoms with Gasteiger partial charge in [0.05, 0.1) is 10.7 Å². The topological polar surface area (TPSA) is 24.9 Å². The molecule has 0 saturated heterocycles. The summed E-state index contributed by atoms with van der Waals surface area (Å²) in [6.45, 7) is 6.40. The monoisotopic (exact) mass is 288 g/mol. The van der Waals surface area contributed by atoms with Crippen LogP contribution >= 0.6 is 11.3 Å². The molecule has 0 saturated carbocycles. The number of rotatable bonds is 6. The van der Waals surface area contributed by atoms with Gasteiger partial charge in [0.1, 0.15) is 0 Å². The number of aryl methyl sites for hydroxylation is 4. The van der Waals surface area contributed by atoms with Crippen LogP contribution < -0.4 is 5.32 Å². The summed E-state index contributed by atoms with van der Waals surface area (Å²) in [7, 11) is 2.05. The summed E-state index contributed by atoms with van der Waals surface area (Å²) in [6, 6.07) is 9.30. The van der Waals surface area contributed by atoms with E-state index in [4.69, 9.17) is 0 Å². The third-order valence-corrected chi connectivity index (χ3v) is 4.86. The molecular formula is C17H24N2S. The predicted molar refractivity (Wildman–Crippen MR) is 87.6 cm³/mol. The fraction of sp³-hybridized carbons (Fsp3) is 0.471. The highest BCUT2D eigenvalue weighted by atomic mass is 32.1. The minimum absolute atomic E-state index is 0.500. The van der Waals surface area contributed by atoms with Crippen molar-refractivity contribution in [1.82, 2.24) is 10.3 Å². The molecule has 0 aliphatic carbocycles. The van der Waals surface area contributed by atoms with E-state index in [1.807, 2.05) is 18.4 Å². The second-order valence-electron chi connectivity index (χ2n) is 5.47. The number of hydrogen-bond donors (Lipinski definition) is 1. The second-order valence-corrected chi connectivity index (χ2v) is 6.75. The molecule has 0 spiro atoms. The summed E-state index contributed by atoms with van der Waals surface area (Å²) in [5.41, 5.74) is 3.95. The lowest BCUT2D eigenvalue weighted by molar-refractivity contribution is 0.519. The Bertz CT molecular complexity index is 540. The van der Waals surface area contributed by atoms with E-state index < -0.39 is 0 Å². The van der Waals surface area contributed by atoms with Crippen molar-refractivity contribution in [3.05, 3.63) is 51.0 Å². The molecule has 2 rings (SSSR count). The number of nitrogens with one attached hydrogen (secondary N) is 1. The molecule has 0 radical (unpaired) electrons. The van der Waals surface area contributed by atoms with Gasteiger partial charge in [-0.2, -0.15) is 0 Å². The SMILES string of the molecule is CNC(CCc1cccc(C)c1)Cc1nc(C)c(C)s1. The van der Waals surface area contributed by atoms with Crippen molar-refractivity contribution in [2.75, 3.05) is 7.05 Å². The van der Waals surface area contributed by atoms with E-state index in [0.29, 0.717) is 6.04 Å². The maximum absolute atomic E-state index is 4.65. The highest BCUT2D eigenvalue weighted by molar-refractivity contribution is 7.11. The van der Waals surface area contributed by atoms with Gasteiger partial charge < -0.3 is 5.32 Å². The van der Waals surface area contributed by atoms with E-state index >= 15 is 0 Å². The summed E-state index contributed by atoms with van der Waals surface area (Å²) in [6.07, 6.45) is 3.30. The van der Waals surface area contributed by atoms with Gasteiger partial charge in [-0.15, -0.1) is 11.3 Å². The van der Waals surface area contributed by atoms with Gasteiger partial charge in [-0.05, 0) is 46.2 Å². The molecule has 0 aliphatic heterocycles. The summed E-state index contributed by atoms with van der Waals surface area (Å²) in [5.74, 6) is 0. The molecule has 2 aromatic rings. The lowest BCUT2D eigenvalue weighted by Gasteiger charge is -2.14. The van der Waals surface area contributed by atoms with Crippen LogP contribution in [-0.4, -0.2) is 18.1 Å². The zero-order valence-electron chi connectivity index (χ0n) is 12.9. The van der Waals surface area contributed by atoms with E-state index in [9.17, 15) is 0 Å². The smallest absolute Gasteiger partial charge is 0.0946 e. The molecular weight excluding hydrogens is 264 g/mol. The van der Waals surface area contributed by atoms with Gasteiger partial charge in [0.2, 0.25) is 0 Å². The fourth-order valence-electron chi connectivity index (χ4n) is 2.39. The molecule has 1 aromatic carbocycles. The van der Waals surface area contributed by atoms with Crippen LogP contribution in [0.5, 0.6) is 0 Å². The van der Waals surface area contributed by atoms with Crippen molar-refractivity contribution in [2.24, 2.45) is 0 Å². The van der Waals surface area contributed by atoms with Crippen LogP contribution in [0.2, 0.25) is 0 Å². The number of likely N-dealkylation sites (N-methyl/N-ethyl adjacent to an activating group) is 1. The van der Waals surface area contributed by atoms with Crippen LogP contribution in [0.4, 0.5) is 0 Å². The van der Waals surface area contributed by atoms with Crippen LogP contribution in [0.1, 0.15) is 33.1 Å². The fourth-order valence-corrected chi connectivity index (χ4v) is 3.41. The number of nitrogens with zero attached hydrogens (tertiary/aromatic N) is 1. The second kappa shape index (κ2) is 7.00. The van der Waals surface area contributed by atoms with Gasteiger partial charge in [-0.3, -0.25) is 0 Å². The Balaban J connectivity index is 1.92. The van der Waals surface area contributed by atoms with Crippen molar-refractivity contribution < 1.29 is 0 Å². The van der Waals surface area contributed by atoms with Crippen LogP contribution in [0, 0.1) is 20.8 Å². The highest BCUT2D eigenvalue weighted by Gasteiger charge is 2.11. The molecule has 1 atom stereocenters. The largest absolute Gasteiger partial charge is 0.317 e. The van der Waals surface area contributed by atoms with Crippen LogP contribution in [0.25, 0.3) is 0 Å². The zero-order valence-corrected chi connectivity index (χ0v) is 13.7. The standard InChI is InChI=1S/C17H24N2S/c1-12-6-5-7-15(10-12)8-9-16(18-4)11-17-19-13(2)14(3)20-17/h5-7,10,16,18H,8-9,11H2,1-4H3. The van der Waals surface area contributed by atoms with Gasteiger partial charge in [0.25, 0.3) is 0 Å². The molecule has 0 bridgehead atoms. The zero-order chi connectivity index (χ0) is 14.5. The number of thiazole rings is 1. The Kier molecular flexibility index (Phi) is 5.32. The molecule has 0 fully saturated rings. The molecule has 108 valence electrons. The first-order valence-electron chi connectivity index (χ1n) is 7.24. The first-order chi connectivity index (χ1) is 9.58. The maximum atomic E-state index is 4.65. The Labute approximate surface area is 126 Å². The minimum atomic E-state index is 0.500.